The van der Waals surface area contributed by atoms with Gasteiger partial charge in [-0.1, -0.05) is 0 Å². The molecule has 0 bridgehead atoms. The zero-order valence-corrected chi connectivity index (χ0v) is 14.8. The van der Waals surface area contributed by atoms with Gasteiger partial charge in [0.05, 0.1) is 6.42 Å². The van der Waals surface area contributed by atoms with Crippen molar-refractivity contribution >= 4 is 17.8 Å². The predicted molar refractivity (Wildman–Crippen MR) is 88.2 cm³/mol. The number of hydrogen-bond donors (Lipinski definition) is 3. The molecule has 0 aliphatic carbocycles. The third-order valence-corrected chi connectivity index (χ3v) is 3.82. The molecule has 1 aliphatic heterocycles. The van der Waals surface area contributed by atoms with Crippen molar-refractivity contribution in [2.45, 2.75) is 30.8 Å². The zero-order chi connectivity index (χ0) is 20.9. The number of carbonyl (C=O) groups is 2. The normalized spacial score (nSPS) is 23.4. The Balaban J connectivity index is 1.93. The van der Waals surface area contributed by atoms with Gasteiger partial charge in [-0.25, -0.2) is 9.59 Å². The average Bonchev–Trinajstić information content (AvgIpc) is 2.86. The van der Waals surface area contributed by atoms with Gasteiger partial charge in [0.1, 0.15) is 18.5 Å². The lowest BCUT2D eigenvalue weighted by molar-refractivity contribution is -0.162. The first-order chi connectivity index (χ1) is 13.2. The second-order valence-electron chi connectivity index (χ2n) is 5.89. The van der Waals surface area contributed by atoms with Gasteiger partial charge in [0.15, 0.2) is 12.7 Å². The van der Waals surface area contributed by atoms with Crippen molar-refractivity contribution in [1.82, 2.24) is 14.9 Å². The van der Waals surface area contributed by atoms with Gasteiger partial charge < -0.3 is 30.4 Å². The molecule has 2 heterocycles. The molecular formula is C15H20F2N4O7. The monoisotopic (exact) mass is 406 g/mol. The van der Waals surface area contributed by atoms with E-state index in [-0.39, 0.29) is 12.2 Å². The molecule has 0 aromatic carbocycles. The molecular weight excluding hydrogens is 386 g/mol. The number of halogens is 2. The average molecular weight is 406 g/mol. The first kappa shape index (κ1) is 21.7. The summed E-state index contributed by atoms with van der Waals surface area (Å²) in [6, 6.07) is 1.11. The summed E-state index contributed by atoms with van der Waals surface area (Å²) in [5.74, 6) is -5.69. The molecule has 3 atom stereocenters. The van der Waals surface area contributed by atoms with E-state index in [0.717, 1.165) is 12.3 Å². The van der Waals surface area contributed by atoms with Crippen LogP contribution >= 0.6 is 0 Å². The molecule has 1 fully saturated rings. The van der Waals surface area contributed by atoms with E-state index in [1.165, 1.54) is 0 Å². The summed E-state index contributed by atoms with van der Waals surface area (Å²) in [5.41, 5.74) is 4.21. The number of nitrogens with two attached hydrogens (primary N) is 1. The van der Waals surface area contributed by atoms with Crippen molar-refractivity contribution in [1.29, 1.82) is 0 Å². The van der Waals surface area contributed by atoms with Crippen LogP contribution in [0.4, 0.5) is 14.6 Å². The Morgan fingerprint density at radius 2 is 2.14 bits per heavy atom. The number of nitrogens with zero attached hydrogens (tertiary/aromatic N) is 2. The Kier molecular flexibility index (Phi) is 6.99. The smallest absolute Gasteiger partial charge is 0.351 e. The fourth-order valence-corrected chi connectivity index (χ4v) is 2.37. The number of ether oxygens (including phenoxy) is 3. The first-order valence-corrected chi connectivity index (χ1v) is 8.18. The molecule has 0 unspecified atom stereocenters. The molecule has 0 spiro atoms. The molecule has 156 valence electrons. The number of aliphatic hydroxyl groups is 1. The third kappa shape index (κ3) is 4.99. The van der Waals surface area contributed by atoms with Crippen LogP contribution in [0, 0.1) is 0 Å². The number of nitrogen functional groups attached to an aromatic ring is 1. The van der Waals surface area contributed by atoms with Gasteiger partial charge in [0.2, 0.25) is 6.23 Å². The van der Waals surface area contributed by atoms with Crippen LogP contribution < -0.4 is 16.7 Å². The number of alkyl halides is 2. The van der Waals surface area contributed by atoms with E-state index < -0.39 is 55.2 Å². The molecule has 28 heavy (non-hydrogen) atoms. The minimum atomic E-state index is -3.86. The van der Waals surface area contributed by atoms with Crippen LogP contribution in [-0.4, -0.2) is 71.5 Å². The quantitative estimate of drug-likeness (QED) is 0.431. The Hall–Kier alpha value is -2.64. The lowest BCUT2D eigenvalue weighted by atomic mass is 10.1. The molecule has 1 aromatic heterocycles. The van der Waals surface area contributed by atoms with E-state index in [2.05, 4.69) is 15.0 Å². The molecule has 13 heteroatoms. The van der Waals surface area contributed by atoms with Crippen LogP contribution in [0.1, 0.15) is 12.6 Å². The number of nitrogens with one attached hydrogen (secondary N) is 1. The van der Waals surface area contributed by atoms with Gasteiger partial charge in [0.25, 0.3) is 0 Å². The highest BCUT2D eigenvalue weighted by atomic mass is 19.3. The molecule has 1 saturated heterocycles. The van der Waals surface area contributed by atoms with E-state index in [4.69, 9.17) is 15.2 Å². The molecule has 2 rings (SSSR count). The Morgan fingerprint density at radius 1 is 1.43 bits per heavy atom. The van der Waals surface area contributed by atoms with Crippen LogP contribution in [0.15, 0.2) is 17.1 Å². The standard InChI is InChI=1S/C15H20F2N4O7/c1-19-4-2-10(22)27-7-11(23)26-6-8-12(24)15(16,17)13(28-8)21-5-3-9(18)20-14(21)25/h3,5,8,12-13,19,24H,2,4,6-7H2,1H3,(H2,18,20,25)/t8-,12-,13-/m1/s1. The number of anilines is 1. The van der Waals surface area contributed by atoms with Crippen molar-refractivity contribution in [3.63, 3.8) is 0 Å². The SMILES string of the molecule is CNCCC(=O)OCC(=O)OC[C@H]1O[C@@H](n2ccc(N)nc2=O)C(F)(F)[C@@H]1O. The van der Waals surface area contributed by atoms with Gasteiger partial charge in [-0.15, -0.1) is 0 Å². The van der Waals surface area contributed by atoms with E-state index in [1.54, 1.807) is 7.05 Å². The summed E-state index contributed by atoms with van der Waals surface area (Å²) in [5, 5.41) is 12.5. The summed E-state index contributed by atoms with van der Waals surface area (Å²) in [4.78, 5) is 37.9. The van der Waals surface area contributed by atoms with Gasteiger partial charge in [0, 0.05) is 12.7 Å². The van der Waals surface area contributed by atoms with E-state index in [9.17, 15) is 28.3 Å². The highest BCUT2D eigenvalue weighted by Crippen LogP contribution is 2.42. The first-order valence-electron chi connectivity index (χ1n) is 8.18. The van der Waals surface area contributed by atoms with Gasteiger partial charge >= 0.3 is 23.6 Å². The summed E-state index contributed by atoms with van der Waals surface area (Å²) in [7, 11) is 1.63. The highest BCUT2D eigenvalue weighted by molar-refractivity contribution is 5.76. The highest BCUT2D eigenvalue weighted by Gasteiger charge is 2.60. The number of aliphatic hydroxyl groups excluding tert-OH is 1. The number of esters is 2. The number of carbonyl (C=O) groups excluding carboxylic acids is 2. The fraction of sp³-hybridized carbons (Fsp3) is 0.600. The topological polar surface area (TPSA) is 155 Å². The maximum atomic E-state index is 14.3. The van der Waals surface area contributed by atoms with Crippen molar-refractivity contribution in [2.75, 3.05) is 32.5 Å². The molecule has 0 radical (unpaired) electrons. The lowest BCUT2D eigenvalue weighted by Crippen LogP contribution is -2.42. The summed E-state index contributed by atoms with van der Waals surface area (Å²) >= 11 is 0. The summed E-state index contributed by atoms with van der Waals surface area (Å²) in [6.07, 6.45) is -5.14. The Morgan fingerprint density at radius 3 is 2.79 bits per heavy atom. The maximum absolute atomic E-state index is 14.3. The van der Waals surface area contributed by atoms with Gasteiger partial charge in [-0.2, -0.15) is 13.8 Å². The summed E-state index contributed by atoms with van der Waals surface area (Å²) in [6.45, 7) is -1.10. The van der Waals surface area contributed by atoms with Crippen molar-refractivity contribution in [2.24, 2.45) is 0 Å². The molecule has 1 aliphatic rings. The van der Waals surface area contributed by atoms with E-state index in [0.29, 0.717) is 11.1 Å². The van der Waals surface area contributed by atoms with E-state index in [1.807, 2.05) is 0 Å². The molecule has 0 saturated carbocycles. The molecule has 11 nitrogen and oxygen atoms in total. The second-order valence-corrected chi connectivity index (χ2v) is 5.89. The molecule has 4 N–H and O–H groups in total. The van der Waals surface area contributed by atoms with Crippen molar-refractivity contribution in [3.05, 3.63) is 22.7 Å². The Bertz CT molecular complexity index is 773. The number of aromatic nitrogens is 2. The maximum Gasteiger partial charge on any atom is 0.351 e. The fourth-order valence-electron chi connectivity index (χ4n) is 2.37. The van der Waals surface area contributed by atoms with E-state index >= 15 is 0 Å². The minimum Gasteiger partial charge on any atom is -0.460 e. The minimum absolute atomic E-state index is 0.0342. The van der Waals surface area contributed by atoms with Crippen LogP contribution in [0.3, 0.4) is 0 Å². The zero-order valence-electron chi connectivity index (χ0n) is 14.8. The van der Waals surface area contributed by atoms with Gasteiger partial charge in [-0.3, -0.25) is 9.36 Å². The van der Waals surface area contributed by atoms with Crippen LogP contribution in [0.5, 0.6) is 0 Å². The molecule has 1 aromatic rings. The predicted octanol–water partition coefficient (Wildman–Crippen LogP) is -1.58. The molecule has 0 amide bonds. The number of hydrogen-bond acceptors (Lipinski definition) is 10. The van der Waals surface area contributed by atoms with Crippen molar-refractivity contribution in [3.8, 4) is 0 Å². The van der Waals surface area contributed by atoms with Crippen LogP contribution in [0.25, 0.3) is 0 Å². The second kappa shape index (κ2) is 9.03. The summed E-state index contributed by atoms with van der Waals surface area (Å²) < 4.78 is 43.4. The van der Waals surface area contributed by atoms with Gasteiger partial charge in [-0.05, 0) is 13.1 Å². The lowest BCUT2D eigenvalue weighted by Gasteiger charge is -2.20. The Labute approximate surface area is 157 Å². The largest absolute Gasteiger partial charge is 0.460 e. The van der Waals surface area contributed by atoms with Crippen LogP contribution in [0.2, 0.25) is 0 Å². The third-order valence-electron chi connectivity index (χ3n) is 3.82. The van der Waals surface area contributed by atoms with Crippen LogP contribution in [-0.2, 0) is 23.8 Å². The van der Waals surface area contributed by atoms with Crippen molar-refractivity contribution < 1.29 is 37.7 Å². The number of rotatable bonds is 8.